The first-order chi connectivity index (χ1) is 13.3. The van der Waals surface area contributed by atoms with Crippen LogP contribution in [0.3, 0.4) is 0 Å². The van der Waals surface area contributed by atoms with Crippen LogP contribution in [-0.4, -0.2) is 34.6 Å². The quantitative estimate of drug-likeness (QED) is 0.470. The number of carbonyl (C=O) groups excluding carboxylic acids is 1. The summed E-state index contributed by atoms with van der Waals surface area (Å²) in [5, 5.41) is 25.8. The summed E-state index contributed by atoms with van der Waals surface area (Å²) in [4.78, 5) is 33.9. The van der Waals surface area contributed by atoms with Gasteiger partial charge in [0.15, 0.2) is 6.61 Å². The molecule has 0 radical (unpaired) electrons. The van der Waals surface area contributed by atoms with Crippen molar-refractivity contribution in [3.05, 3.63) is 57.6 Å². The zero-order valence-corrected chi connectivity index (χ0v) is 15.1. The van der Waals surface area contributed by atoms with Crippen LogP contribution >= 0.6 is 0 Å². The summed E-state index contributed by atoms with van der Waals surface area (Å²) in [5.41, 5.74) is 1.58. The maximum Gasteiger partial charge on any atom is 0.341 e. The fourth-order valence-electron chi connectivity index (χ4n) is 2.60. The van der Waals surface area contributed by atoms with E-state index in [1.165, 1.54) is 18.2 Å². The Morgan fingerprint density at radius 2 is 1.93 bits per heavy atom. The molecule has 2 aromatic rings. The van der Waals surface area contributed by atoms with Gasteiger partial charge in [-0.2, -0.15) is 0 Å². The molecule has 0 spiro atoms. The number of aryl methyl sites for hydroxylation is 1. The van der Waals surface area contributed by atoms with Crippen LogP contribution in [0.1, 0.15) is 28.8 Å². The van der Waals surface area contributed by atoms with Gasteiger partial charge in [0.25, 0.3) is 11.6 Å². The Hall–Kier alpha value is -3.62. The summed E-state index contributed by atoms with van der Waals surface area (Å²) in [5.74, 6) is -1.20. The van der Waals surface area contributed by atoms with Gasteiger partial charge in [-0.25, -0.2) is 4.79 Å². The summed E-state index contributed by atoms with van der Waals surface area (Å²) in [6.45, 7) is 1.27. The van der Waals surface area contributed by atoms with E-state index >= 15 is 0 Å². The molecule has 3 rings (SSSR count). The van der Waals surface area contributed by atoms with Gasteiger partial charge in [-0.3, -0.25) is 14.9 Å². The van der Waals surface area contributed by atoms with Gasteiger partial charge in [-0.1, -0.05) is 0 Å². The number of nitro benzene ring substituents is 1. The van der Waals surface area contributed by atoms with Crippen molar-refractivity contribution in [2.75, 3.05) is 17.2 Å². The average molecular weight is 385 g/mol. The number of ether oxygens (including phenoxy) is 1. The number of benzene rings is 2. The Morgan fingerprint density at radius 1 is 1.21 bits per heavy atom. The number of hydrogen-bond donors (Lipinski definition) is 3. The number of nitrogens with zero attached hydrogens (tertiary/aromatic N) is 1. The number of nitrogens with one attached hydrogen (secondary N) is 2. The average Bonchev–Trinajstić information content (AvgIpc) is 3.46. The van der Waals surface area contributed by atoms with Crippen molar-refractivity contribution in [3.8, 4) is 5.75 Å². The van der Waals surface area contributed by atoms with E-state index in [0.29, 0.717) is 22.7 Å². The highest BCUT2D eigenvalue weighted by Gasteiger charge is 2.25. The predicted octanol–water partition coefficient (Wildman–Crippen LogP) is 3.19. The molecule has 1 aliphatic rings. The minimum Gasteiger partial charge on any atom is -0.482 e. The molecule has 0 bridgehead atoms. The van der Waals surface area contributed by atoms with Crippen LogP contribution in [0.15, 0.2) is 36.4 Å². The number of anilines is 2. The smallest absolute Gasteiger partial charge is 0.341 e. The SMILES string of the molecule is Cc1cc(OCC(=O)O)ccc1NC(=O)c1ccc(NC2CC2)c([N+](=O)[O-])c1. The molecule has 0 heterocycles. The Labute approximate surface area is 160 Å². The van der Waals surface area contributed by atoms with Crippen LogP contribution in [0.2, 0.25) is 0 Å². The molecule has 28 heavy (non-hydrogen) atoms. The molecule has 0 aromatic heterocycles. The van der Waals surface area contributed by atoms with Gasteiger partial charge in [0.1, 0.15) is 11.4 Å². The van der Waals surface area contributed by atoms with Crippen molar-refractivity contribution in [1.82, 2.24) is 0 Å². The molecular formula is C19H19N3O6. The third-order valence-electron chi connectivity index (χ3n) is 4.20. The maximum atomic E-state index is 12.5. The van der Waals surface area contributed by atoms with E-state index < -0.39 is 23.4 Å². The Morgan fingerprint density at radius 3 is 2.54 bits per heavy atom. The highest BCUT2D eigenvalue weighted by molar-refractivity contribution is 6.05. The molecule has 0 unspecified atom stereocenters. The van der Waals surface area contributed by atoms with E-state index in [1.54, 1.807) is 25.1 Å². The topological polar surface area (TPSA) is 131 Å². The van der Waals surface area contributed by atoms with Crippen molar-refractivity contribution >= 4 is 28.9 Å². The second kappa shape index (κ2) is 7.95. The van der Waals surface area contributed by atoms with Gasteiger partial charge in [0.2, 0.25) is 0 Å². The van der Waals surface area contributed by atoms with E-state index in [4.69, 9.17) is 9.84 Å². The highest BCUT2D eigenvalue weighted by atomic mass is 16.6. The second-order valence-electron chi connectivity index (χ2n) is 6.52. The van der Waals surface area contributed by atoms with E-state index in [9.17, 15) is 19.7 Å². The normalized spacial score (nSPS) is 12.9. The van der Waals surface area contributed by atoms with Crippen molar-refractivity contribution in [2.24, 2.45) is 0 Å². The molecule has 0 aliphatic heterocycles. The molecule has 1 aliphatic carbocycles. The van der Waals surface area contributed by atoms with Crippen LogP contribution in [0.5, 0.6) is 5.75 Å². The molecular weight excluding hydrogens is 366 g/mol. The molecule has 9 heteroatoms. The molecule has 146 valence electrons. The number of carbonyl (C=O) groups is 2. The van der Waals surface area contributed by atoms with E-state index in [2.05, 4.69) is 10.6 Å². The van der Waals surface area contributed by atoms with Crippen LogP contribution in [0, 0.1) is 17.0 Å². The van der Waals surface area contributed by atoms with Crippen molar-refractivity contribution < 1.29 is 24.4 Å². The third kappa shape index (κ3) is 4.76. The lowest BCUT2D eigenvalue weighted by molar-refractivity contribution is -0.384. The molecule has 1 amide bonds. The first-order valence-corrected chi connectivity index (χ1v) is 8.65. The molecule has 9 nitrogen and oxygen atoms in total. The lowest BCUT2D eigenvalue weighted by atomic mass is 10.1. The number of aliphatic carboxylic acids is 1. The van der Waals surface area contributed by atoms with E-state index in [0.717, 1.165) is 12.8 Å². The number of amides is 1. The summed E-state index contributed by atoms with van der Waals surface area (Å²) >= 11 is 0. The zero-order chi connectivity index (χ0) is 20.3. The minimum absolute atomic E-state index is 0.145. The fraction of sp³-hybridized carbons (Fsp3) is 0.263. The van der Waals surface area contributed by atoms with Gasteiger partial charge < -0.3 is 20.5 Å². The Balaban J connectivity index is 1.74. The molecule has 0 atom stereocenters. The van der Waals surface area contributed by atoms with Crippen molar-refractivity contribution in [2.45, 2.75) is 25.8 Å². The van der Waals surface area contributed by atoms with Crippen molar-refractivity contribution in [1.29, 1.82) is 0 Å². The van der Waals surface area contributed by atoms with Gasteiger partial charge in [0, 0.05) is 23.4 Å². The highest BCUT2D eigenvalue weighted by Crippen LogP contribution is 2.32. The second-order valence-corrected chi connectivity index (χ2v) is 6.52. The predicted molar refractivity (Wildman–Crippen MR) is 102 cm³/mol. The molecule has 1 fully saturated rings. The Kier molecular flexibility index (Phi) is 5.44. The van der Waals surface area contributed by atoms with Gasteiger partial charge in [0.05, 0.1) is 4.92 Å². The molecule has 2 aromatic carbocycles. The van der Waals surface area contributed by atoms with Crippen LogP contribution in [-0.2, 0) is 4.79 Å². The number of carboxylic acid groups (broad SMARTS) is 1. The molecule has 0 saturated heterocycles. The standard InChI is InChI=1S/C19H19N3O6/c1-11-8-14(28-10-18(23)24)5-7-15(11)21-19(25)12-2-6-16(20-13-3-4-13)17(9-12)22(26)27/h2,5-9,13,20H,3-4,10H2,1H3,(H,21,25)(H,23,24). The summed E-state index contributed by atoms with van der Waals surface area (Å²) in [7, 11) is 0. The summed E-state index contributed by atoms with van der Waals surface area (Å²) in [6.07, 6.45) is 1.95. The lowest BCUT2D eigenvalue weighted by Crippen LogP contribution is -2.14. The third-order valence-corrected chi connectivity index (χ3v) is 4.20. The van der Waals surface area contributed by atoms with Gasteiger partial charge >= 0.3 is 5.97 Å². The van der Waals surface area contributed by atoms with Crippen molar-refractivity contribution in [3.63, 3.8) is 0 Å². The fourth-order valence-corrected chi connectivity index (χ4v) is 2.60. The minimum atomic E-state index is -1.09. The number of hydrogen-bond acceptors (Lipinski definition) is 6. The number of carboxylic acids is 1. The maximum absolute atomic E-state index is 12.5. The van der Waals surface area contributed by atoms with Crippen LogP contribution < -0.4 is 15.4 Å². The Bertz CT molecular complexity index is 939. The zero-order valence-electron chi connectivity index (χ0n) is 15.1. The first kappa shape index (κ1) is 19.2. The number of nitro groups is 1. The summed E-state index contributed by atoms with van der Waals surface area (Å²) < 4.78 is 5.09. The first-order valence-electron chi connectivity index (χ1n) is 8.65. The summed E-state index contributed by atoms with van der Waals surface area (Å²) in [6, 6.07) is 9.30. The van der Waals surface area contributed by atoms with Crippen LogP contribution in [0.4, 0.5) is 17.1 Å². The van der Waals surface area contributed by atoms with E-state index in [-0.39, 0.29) is 17.3 Å². The van der Waals surface area contributed by atoms with Gasteiger partial charge in [-0.05, 0) is 55.7 Å². The monoisotopic (exact) mass is 385 g/mol. The van der Waals surface area contributed by atoms with E-state index in [1.807, 2.05) is 0 Å². The molecule has 3 N–H and O–H groups in total. The lowest BCUT2D eigenvalue weighted by Gasteiger charge is -2.11. The molecule has 1 saturated carbocycles. The van der Waals surface area contributed by atoms with Crippen LogP contribution in [0.25, 0.3) is 0 Å². The largest absolute Gasteiger partial charge is 0.482 e. The number of rotatable bonds is 8. The van der Waals surface area contributed by atoms with Gasteiger partial charge in [-0.15, -0.1) is 0 Å².